The predicted octanol–water partition coefficient (Wildman–Crippen LogP) is 3.97. The SMILES string of the molecule is CS(=O)(=O)NCCc1ccc(C(=O)OCc2csc(-c3ccccc3Cl)n2)s1. The third-order valence-electron chi connectivity index (χ3n) is 3.61. The van der Waals surface area contributed by atoms with Crippen molar-refractivity contribution in [2.45, 2.75) is 13.0 Å². The highest BCUT2D eigenvalue weighted by Gasteiger charge is 2.13. The highest BCUT2D eigenvalue weighted by Crippen LogP contribution is 2.30. The summed E-state index contributed by atoms with van der Waals surface area (Å²) in [5.74, 6) is -0.431. The molecule has 0 atom stereocenters. The van der Waals surface area contributed by atoms with E-state index in [0.29, 0.717) is 22.0 Å². The number of sulfonamides is 1. The molecule has 0 saturated heterocycles. The number of esters is 1. The summed E-state index contributed by atoms with van der Waals surface area (Å²) in [7, 11) is -3.22. The maximum Gasteiger partial charge on any atom is 0.348 e. The summed E-state index contributed by atoms with van der Waals surface area (Å²) in [6.45, 7) is 0.361. The van der Waals surface area contributed by atoms with Gasteiger partial charge in [-0.05, 0) is 24.6 Å². The standard InChI is InChI=1S/C18H17ClN2O4S3/c1-28(23,24)20-9-8-13-6-7-16(27-13)18(22)25-10-12-11-26-17(21-12)14-4-2-3-5-15(14)19/h2-7,11,20H,8-10H2,1H3. The Bertz CT molecular complexity index is 1080. The van der Waals surface area contributed by atoms with Gasteiger partial charge in [0, 0.05) is 22.4 Å². The Hall–Kier alpha value is -1.78. The first-order chi connectivity index (χ1) is 13.3. The molecule has 0 aliphatic carbocycles. The van der Waals surface area contributed by atoms with Gasteiger partial charge in [0.1, 0.15) is 16.5 Å². The van der Waals surface area contributed by atoms with E-state index < -0.39 is 16.0 Å². The van der Waals surface area contributed by atoms with Crippen molar-refractivity contribution in [2.75, 3.05) is 12.8 Å². The van der Waals surface area contributed by atoms with E-state index in [9.17, 15) is 13.2 Å². The van der Waals surface area contributed by atoms with E-state index in [1.165, 1.54) is 22.7 Å². The lowest BCUT2D eigenvalue weighted by Gasteiger charge is -2.01. The van der Waals surface area contributed by atoms with Crippen molar-refractivity contribution in [3.63, 3.8) is 0 Å². The molecule has 3 rings (SSSR count). The van der Waals surface area contributed by atoms with Gasteiger partial charge in [-0.15, -0.1) is 22.7 Å². The van der Waals surface area contributed by atoms with E-state index in [1.54, 1.807) is 18.2 Å². The van der Waals surface area contributed by atoms with Crippen LogP contribution in [0.25, 0.3) is 10.6 Å². The largest absolute Gasteiger partial charge is 0.455 e. The predicted molar refractivity (Wildman–Crippen MR) is 113 cm³/mol. The Morgan fingerprint density at radius 1 is 1.25 bits per heavy atom. The lowest BCUT2D eigenvalue weighted by molar-refractivity contribution is 0.0474. The molecule has 0 amide bonds. The number of thiazole rings is 1. The Labute approximate surface area is 176 Å². The molecule has 1 N–H and O–H groups in total. The van der Waals surface area contributed by atoms with Crippen LogP contribution in [0.15, 0.2) is 41.8 Å². The number of hydrogen-bond acceptors (Lipinski definition) is 7. The summed E-state index contributed by atoms with van der Waals surface area (Å²) in [4.78, 5) is 18.1. The van der Waals surface area contributed by atoms with Crippen molar-refractivity contribution in [3.8, 4) is 10.6 Å². The average Bonchev–Trinajstić information content (AvgIpc) is 3.29. The third-order valence-corrected chi connectivity index (χ3v) is 6.71. The van der Waals surface area contributed by atoms with Crippen LogP contribution in [0.2, 0.25) is 5.02 Å². The molecule has 28 heavy (non-hydrogen) atoms. The normalized spacial score (nSPS) is 11.5. The van der Waals surface area contributed by atoms with Crippen LogP contribution in [0.5, 0.6) is 0 Å². The van der Waals surface area contributed by atoms with Crippen LogP contribution < -0.4 is 4.72 Å². The van der Waals surface area contributed by atoms with E-state index in [0.717, 1.165) is 21.7 Å². The Morgan fingerprint density at radius 3 is 2.79 bits per heavy atom. The molecule has 6 nitrogen and oxygen atoms in total. The van der Waals surface area contributed by atoms with Gasteiger partial charge >= 0.3 is 5.97 Å². The minimum absolute atomic E-state index is 0.0721. The minimum Gasteiger partial charge on any atom is -0.455 e. The van der Waals surface area contributed by atoms with E-state index in [1.807, 2.05) is 23.6 Å². The number of nitrogens with zero attached hydrogens (tertiary/aromatic N) is 1. The molecule has 0 aliphatic rings. The van der Waals surface area contributed by atoms with E-state index >= 15 is 0 Å². The summed E-state index contributed by atoms with van der Waals surface area (Å²) >= 11 is 8.91. The van der Waals surface area contributed by atoms with Gasteiger partial charge in [-0.25, -0.2) is 22.9 Å². The fourth-order valence-corrected chi connectivity index (χ4v) is 4.82. The zero-order valence-electron chi connectivity index (χ0n) is 14.8. The van der Waals surface area contributed by atoms with Crippen molar-refractivity contribution in [3.05, 3.63) is 62.2 Å². The van der Waals surface area contributed by atoms with Gasteiger partial charge in [-0.3, -0.25) is 0 Å². The average molecular weight is 457 g/mol. The number of hydrogen-bond donors (Lipinski definition) is 1. The van der Waals surface area contributed by atoms with Gasteiger partial charge in [0.25, 0.3) is 0 Å². The van der Waals surface area contributed by atoms with Crippen molar-refractivity contribution >= 4 is 50.3 Å². The second kappa shape index (κ2) is 9.15. The van der Waals surface area contributed by atoms with Gasteiger partial charge in [-0.2, -0.15) is 0 Å². The Balaban J connectivity index is 1.54. The highest BCUT2D eigenvalue weighted by atomic mass is 35.5. The number of rotatable bonds is 8. The van der Waals surface area contributed by atoms with Gasteiger partial charge in [0.2, 0.25) is 10.0 Å². The van der Waals surface area contributed by atoms with Crippen molar-refractivity contribution < 1.29 is 17.9 Å². The molecule has 1 aromatic carbocycles. The molecule has 2 heterocycles. The van der Waals surface area contributed by atoms with Crippen LogP contribution in [-0.2, 0) is 27.8 Å². The molecule has 0 radical (unpaired) electrons. The van der Waals surface area contributed by atoms with Crippen molar-refractivity contribution in [1.29, 1.82) is 0 Å². The quantitative estimate of drug-likeness (QED) is 0.518. The summed E-state index contributed by atoms with van der Waals surface area (Å²) in [5, 5.41) is 3.23. The molecule has 0 spiro atoms. The number of carbonyl (C=O) groups is 1. The molecule has 148 valence electrons. The fourth-order valence-electron chi connectivity index (χ4n) is 2.32. The third kappa shape index (κ3) is 5.86. The minimum atomic E-state index is -3.22. The second-order valence-corrected chi connectivity index (χ2v) is 10.1. The summed E-state index contributed by atoms with van der Waals surface area (Å²) in [5.41, 5.74) is 1.50. The van der Waals surface area contributed by atoms with Gasteiger partial charge in [0.05, 0.1) is 17.0 Å². The molecule has 0 bridgehead atoms. The number of benzene rings is 1. The number of carbonyl (C=O) groups excluding carboxylic acids is 1. The summed E-state index contributed by atoms with van der Waals surface area (Å²) in [6.07, 6.45) is 1.62. The topological polar surface area (TPSA) is 85.4 Å². The zero-order valence-corrected chi connectivity index (χ0v) is 18.1. The molecular weight excluding hydrogens is 440 g/mol. The number of halogens is 1. The Morgan fingerprint density at radius 2 is 2.04 bits per heavy atom. The second-order valence-electron chi connectivity index (χ2n) is 5.88. The van der Waals surface area contributed by atoms with Crippen LogP contribution in [-0.4, -0.2) is 32.2 Å². The first kappa shape index (κ1) is 20.9. The van der Waals surface area contributed by atoms with Crippen LogP contribution >= 0.6 is 34.3 Å². The van der Waals surface area contributed by atoms with E-state index in [2.05, 4.69) is 9.71 Å². The van der Waals surface area contributed by atoms with Crippen LogP contribution in [0.3, 0.4) is 0 Å². The smallest absolute Gasteiger partial charge is 0.348 e. The number of ether oxygens (including phenoxy) is 1. The maximum absolute atomic E-state index is 12.2. The van der Waals surface area contributed by atoms with Gasteiger partial charge in [0.15, 0.2) is 0 Å². The fraction of sp³-hybridized carbons (Fsp3) is 0.222. The molecular formula is C18H17ClN2O4S3. The lowest BCUT2D eigenvalue weighted by Crippen LogP contribution is -2.23. The molecule has 2 aromatic heterocycles. The first-order valence-electron chi connectivity index (χ1n) is 8.21. The van der Waals surface area contributed by atoms with Crippen molar-refractivity contribution in [2.24, 2.45) is 0 Å². The molecule has 10 heteroatoms. The molecule has 3 aromatic rings. The van der Waals surface area contributed by atoms with E-state index in [4.69, 9.17) is 16.3 Å². The Kier molecular flexibility index (Phi) is 6.84. The number of nitrogens with one attached hydrogen (secondary N) is 1. The number of aromatic nitrogens is 1. The zero-order chi connectivity index (χ0) is 20.1. The maximum atomic E-state index is 12.2. The van der Waals surface area contributed by atoms with Crippen LogP contribution in [0.1, 0.15) is 20.2 Å². The lowest BCUT2D eigenvalue weighted by atomic mass is 10.2. The summed E-state index contributed by atoms with van der Waals surface area (Å²) in [6, 6.07) is 10.9. The monoisotopic (exact) mass is 456 g/mol. The van der Waals surface area contributed by atoms with Crippen LogP contribution in [0.4, 0.5) is 0 Å². The molecule has 0 aliphatic heterocycles. The molecule has 0 saturated carbocycles. The highest BCUT2D eigenvalue weighted by molar-refractivity contribution is 7.88. The van der Waals surface area contributed by atoms with Gasteiger partial charge < -0.3 is 4.74 Å². The van der Waals surface area contributed by atoms with Crippen molar-refractivity contribution in [1.82, 2.24) is 9.71 Å². The van der Waals surface area contributed by atoms with Gasteiger partial charge in [-0.1, -0.05) is 29.8 Å². The van der Waals surface area contributed by atoms with Crippen LogP contribution in [0, 0.1) is 0 Å². The summed E-state index contributed by atoms with van der Waals surface area (Å²) < 4.78 is 29.9. The van der Waals surface area contributed by atoms with E-state index in [-0.39, 0.29) is 13.2 Å². The molecule has 0 unspecified atom stereocenters. The molecule has 0 fully saturated rings. The number of thiophene rings is 1. The first-order valence-corrected chi connectivity index (χ1v) is 12.2.